The maximum atomic E-state index is 11.8. The number of para-hydroxylation sites is 2. The molecule has 28 heavy (non-hydrogen) atoms. The predicted octanol–water partition coefficient (Wildman–Crippen LogP) is 4.49. The number of aromatic nitrogens is 3. The SMILES string of the molecule is CN(c1ccccc1)c1ncnc(Oc2cccc3cccnc23)c1[N+](=O)[O-]. The van der Waals surface area contributed by atoms with E-state index in [9.17, 15) is 10.1 Å². The van der Waals surface area contributed by atoms with Crippen LogP contribution in [0.2, 0.25) is 0 Å². The Labute approximate surface area is 160 Å². The van der Waals surface area contributed by atoms with Gasteiger partial charge in [-0.25, -0.2) is 4.98 Å². The van der Waals surface area contributed by atoms with Crippen molar-refractivity contribution in [3.8, 4) is 11.6 Å². The first-order valence-electron chi connectivity index (χ1n) is 8.45. The smallest absolute Gasteiger partial charge is 0.373 e. The van der Waals surface area contributed by atoms with E-state index in [0.717, 1.165) is 11.1 Å². The van der Waals surface area contributed by atoms with Gasteiger partial charge in [0.05, 0.1) is 4.92 Å². The second kappa shape index (κ2) is 7.28. The summed E-state index contributed by atoms with van der Waals surface area (Å²) in [6.45, 7) is 0. The Kier molecular flexibility index (Phi) is 4.51. The molecule has 2 heterocycles. The fourth-order valence-electron chi connectivity index (χ4n) is 2.87. The number of benzene rings is 2. The summed E-state index contributed by atoms with van der Waals surface area (Å²) in [6.07, 6.45) is 2.88. The van der Waals surface area contributed by atoms with Crippen LogP contribution in [0.1, 0.15) is 0 Å². The molecule has 2 aromatic heterocycles. The molecule has 0 spiro atoms. The lowest BCUT2D eigenvalue weighted by atomic mass is 10.2. The summed E-state index contributed by atoms with van der Waals surface area (Å²) in [4.78, 5) is 25.4. The molecule has 4 aromatic rings. The highest BCUT2D eigenvalue weighted by atomic mass is 16.6. The van der Waals surface area contributed by atoms with Crippen LogP contribution < -0.4 is 9.64 Å². The van der Waals surface area contributed by atoms with E-state index in [1.54, 1.807) is 30.3 Å². The highest BCUT2D eigenvalue weighted by Crippen LogP contribution is 2.39. The van der Waals surface area contributed by atoms with Crippen molar-refractivity contribution in [1.82, 2.24) is 15.0 Å². The van der Waals surface area contributed by atoms with Gasteiger partial charge in [0, 0.05) is 24.3 Å². The van der Waals surface area contributed by atoms with E-state index < -0.39 is 4.92 Å². The van der Waals surface area contributed by atoms with Crippen molar-refractivity contribution in [2.45, 2.75) is 0 Å². The molecule has 0 bridgehead atoms. The minimum atomic E-state index is -0.539. The predicted molar refractivity (Wildman–Crippen MR) is 105 cm³/mol. The third-order valence-corrected chi connectivity index (χ3v) is 4.22. The van der Waals surface area contributed by atoms with Gasteiger partial charge in [-0.1, -0.05) is 36.4 Å². The fourth-order valence-corrected chi connectivity index (χ4v) is 2.87. The third-order valence-electron chi connectivity index (χ3n) is 4.22. The molecule has 0 fully saturated rings. The zero-order valence-corrected chi connectivity index (χ0v) is 14.9. The van der Waals surface area contributed by atoms with Crippen LogP contribution in [0.3, 0.4) is 0 Å². The largest absolute Gasteiger partial charge is 0.431 e. The molecule has 138 valence electrons. The lowest BCUT2D eigenvalue weighted by Gasteiger charge is -2.18. The van der Waals surface area contributed by atoms with Gasteiger partial charge in [-0.05, 0) is 24.3 Å². The zero-order chi connectivity index (χ0) is 19.5. The van der Waals surface area contributed by atoms with Crippen LogP contribution in [-0.2, 0) is 0 Å². The molecule has 2 aromatic carbocycles. The van der Waals surface area contributed by atoms with E-state index in [1.807, 2.05) is 48.5 Å². The molecule has 0 amide bonds. The summed E-state index contributed by atoms with van der Waals surface area (Å²) in [5.74, 6) is 0.374. The second-order valence-electron chi connectivity index (χ2n) is 5.94. The van der Waals surface area contributed by atoms with E-state index in [-0.39, 0.29) is 17.4 Å². The Bertz CT molecular complexity index is 1150. The first kappa shape index (κ1) is 17.3. The van der Waals surface area contributed by atoms with Crippen molar-refractivity contribution in [3.63, 3.8) is 0 Å². The molecule has 0 aliphatic heterocycles. The van der Waals surface area contributed by atoms with Crippen LogP contribution in [0, 0.1) is 10.1 Å². The number of nitro groups is 1. The highest BCUT2D eigenvalue weighted by Gasteiger charge is 2.28. The van der Waals surface area contributed by atoms with E-state index in [1.165, 1.54) is 6.33 Å². The molecule has 0 radical (unpaired) electrons. The number of pyridine rings is 1. The Morgan fingerprint density at radius 1 is 0.964 bits per heavy atom. The average molecular weight is 373 g/mol. The lowest BCUT2D eigenvalue weighted by Crippen LogP contribution is -2.14. The zero-order valence-electron chi connectivity index (χ0n) is 14.9. The maximum absolute atomic E-state index is 11.8. The molecule has 0 saturated heterocycles. The fraction of sp³-hybridized carbons (Fsp3) is 0.0500. The molecule has 0 aliphatic carbocycles. The lowest BCUT2D eigenvalue weighted by molar-refractivity contribution is -0.385. The van der Waals surface area contributed by atoms with Gasteiger partial charge in [0.2, 0.25) is 5.82 Å². The van der Waals surface area contributed by atoms with Crippen LogP contribution in [0.15, 0.2) is 73.2 Å². The maximum Gasteiger partial charge on any atom is 0.373 e. The summed E-state index contributed by atoms with van der Waals surface area (Å²) < 4.78 is 5.83. The van der Waals surface area contributed by atoms with E-state index in [0.29, 0.717) is 11.3 Å². The van der Waals surface area contributed by atoms with Gasteiger partial charge in [-0.2, -0.15) is 4.98 Å². The number of ether oxygens (including phenoxy) is 1. The number of fused-ring (bicyclic) bond motifs is 1. The van der Waals surface area contributed by atoms with Gasteiger partial charge in [0.25, 0.3) is 0 Å². The van der Waals surface area contributed by atoms with E-state index in [4.69, 9.17) is 4.74 Å². The molecule has 0 unspecified atom stereocenters. The van der Waals surface area contributed by atoms with Crippen molar-refractivity contribution in [1.29, 1.82) is 0 Å². The van der Waals surface area contributed by atoms with Crippen LogP contribution in [-0.4, -0.2) is 26.9 Å². The monoisotopic (exact) mass is 373 g/mol. The molecular weight excluding hydrogens is 358 g/mol. The topological polar surface area (TPSA) is 94.3 Å². The molecule has 0 aliphatic rings. The third kappa shape index (κ3) is 3.18. The van der Waals surface area contributed by atoms with Crippen molar-refractivity contribution in [2.24, 2.45) is 0 Å². The van der Waals surface area contributed by atoms with Gasteiger partial charge in [0.15, 0.2) is 5.75 Å². The van der Waals surface area contributed by atoms with Crippen molar-refractivity contribution in [2.75, 3.05) is 11.9 Å². The molecule has 8 heteroatoms. The molecule has 0 N–H and O–H groups in total. The van der Waals surface area contributed by atoms with Crippen LogP contribution in [0.4, 0.5) is 17.2 Å². The summed E-state index contributed by atoms with van der Waals surface area (Å²) >= 11 is 0. The van der Waals surface area contributed by atoms with Crippen molar-refractivity contribution >= 4 is 28.1 Å². The Morgan fingerprint density at radius 3 is 2.54 bits per heavy atom. The standard InChI is InChI=1S/C20H15N5O3/c1-24(15-9-3-2-4-10-15)19-18(25(26)27)20(23-13-22-19)28-16-11-5-7-14-8-6-12-21-17(14)16/h2-13H,1H3. The minimum absolute atomic E-state index is 0.134. The number of nitrogens with zero attached hydrogens (tertiary/aromatic N) is 5. The summed E-state index contributed by atoms with van der Waals surface area (Å²) in [5.41, 5.74) is 1.03. The molecule has 0 atom stereocenters. The van der Waals surface area contributed by atoms with Gasteiger partial charge >= 0.3 is 11.6 Å². The summed E-state index contributed by atoms with van der Waals surface area (Å²) in [7, 11) is 1.70. The summed E-state index contributed by atoms with van der Waals surface area (Å²) in [5, 5.41) is 12.7. The number of hydrogen-bond donors (Lipinski definition) is 0. The van der Waals surface area contributed by atoms with Crippen LogP contribution >= 0.6 is 0 Å². The first-order valence-corrected chi connectivity index (χ1v) is 8.45. The van der Waals surface area contributed by atoms with E-state index in [2.05, 4.69) is 15.0 Å². The highest BCUT2D eigenvalue weighted by molar-refractivity contribution is 5.84. The second-order valence-corrected chi connectivity index (χ2v) is 5.94. The Morgan fingerprint density at radius 2 is 1.75 bits per heavy atom. The number of hydrogen-bond acceptors (Lipinski definition) is 7. The van der Waals surface area contributed by atoms with Crippen LogP contribution in [0.5, 0.6) is 11.6 Å². The van der Waals surface area contributed by atoms with Gasteiger partial charge in [-0.3, -0.25) is 15.1 Å². The summed E-state index contributed by atoms with van der Waals surface area (Å²) in [6, 6.07) is 18.3. The van der Waals surface area contributed by atoms with E-state index >= 15 is 0 Å². The van der Waals surface area contributed by atoms with Crippen molar-refractivity contribution < 1.29 is 9.66 Å². The van der Waals surface area contributed by atoms with Gasteiger partial charge in [-0.15, -0.1) is 0 Å². The van der Waals surface area contributed by atoms with Gasteiger partial charge in [0.1, 0.15) is 11.8 Å². The Hall–Kier alpha value is -4.07. The molecule has 0 saturated carbocycles. The molecular formula is C20H15N5O3. The molecule has 4 rings (SSSR count). The van der Waals surface area contributed by atoms with Crippen LogP contribution in [0.25, 0.3) is 10.9 Å². The number of rotatable bonds is 5. The molecule has 8 nitrogen and oxygen atoms in total. The minimum Gasteiger partial charge on any atom is -0.431 e. The normalized spacial score (nSPS) is 10.6. The van der Waals surface area contributed by atoms with Gasteiger partial charge < -0.3 is 9.64 Å². The first-order chi connectivity index (χ1) is 13.6. The number of anilines is 2. The quantitative estimate of drug-likeness (QED) is 0.376. The van der Waals surface area contributed by atoms with Crippen molar-refractivity contribution in [3.05, 3.63) is 83.3 Å². The Balaban J connectivity index is 1.81. The average Bonchev–Trinajstić information content (AvgIpc) is 2.74.